The molecule has 0 saturated heterocycles. The lowest BCUT2D eigenvalue weighted by Crippen LogP contribution is -2.15. The summed E-state index contributed by atoms with van der Waals surface area (Å²) in [5.74, 6) is 0.120. The largest absolute Gasteiger partial charge is 0.385 e. The third-order valence-electron chi connectivity index (χ3n) is 3.68. The first-order chi connectivity index (χ1) is 12.2. The lowest BCUT2D eigenvalue weighted by molar-refractivity contribution is -0.124. The number of para-hydroxylation sites is 2. The smallest absolute Gasteiger partial charge is 0.267 e. The highest BCUT2D eigenvalue weighted by molar-refractivity contribution is 5.90. The molecule has 0 aliphatic carbocycles. The monoisotopic (exact) mass is 342 g/mol. The summed E-state index contributed by atoms with van der Waals surface area (Å²) in [5.41, 5.74) is 3.83. The van der Waals surface area contributed by atoms with E-state index in [4.69, 9.17) is 9.94 Å². The summed E-state index contributed by atoms with van der Waals surface area (Å²) < 4.78 is 6.87. The van der Waals surface area contributed by atoms with Gasteiger partial charge >= 0.3 is 0 Å². The first-order valence-electron chi connectivity index (χ1n) is 7.69. The Morgan fingerprint density at radius 2 is 2.32 bits per heavy atom. The van der Waals surface area contributed by atoms with Gasteiger partial charge in [-0.3, -0.25) is 10.0 Å². The summed E-state index contributed by atoms with van der Waals surface area (Å²) >= 11 is 0. The third-order valence-corrected chi connectivity index (χ3v) is 3.68. The lowest BCUT2D eigenvalue weighted by Gasteiger charge is -2.13. The molecule has 25 heavy (non-hydrogen) atoms. The number of amides is 1. The van der Waals surface area contributed by atoms with E-state index >= 15 is 0 Å². The summed E-state index contributed by atoms with van der Waals surface area (Å²) in [6, 6.07) is 7.59. The van der Waals surface area contributed by atoms with Crippen LogP contribution in [0.3, 0.4) is 0 Å². The van der Waals surface area contributed by atoms with Gasteiger partial charge in [0.1, 0.15) is 17.6 Å². The fourth-order valence-corrected chi connectivity index (χ4v) is 2.47. The molecular formula is C16H18N6O3. The van der Waals surface area contributed by atoms with E-state index in [1.165, 1.54) is 17.6 Å². The molecule has 130 valence electrons. The van der Waals surface area contributed by atoms with Crippen molar-refractivity contribution in [2.24, 2.45) is 0 Å². The van der Waals surface area contributed by atoms with Crippen LogP contribution in [-0.2, 0) is 9.53 Å². The minimum atomic E-state index is -0.636. The van der Waals surface area contributed by atoms with Crippen molar-refractivity contribution in [1.82, 2.24) is 30.4 Å². The maximum Gasteiger partial charge on any atom is 0.267 e. The molecule has 1 atom stereocenters. The molecule has 0 spiro atoms. The van der Waals surface area contributed by atoms with Crippen LogP contribution in [-0.4, -0.2) is 49.8 Å². The first kappa shape index (κ1) is 16.8. The normalized spacial score (nSPS) is 12.7. The van der Waals surface area contributed by atoms with E-state index in [0.29, 0.717) is 18.7 Å². The number of nitrogens with zero attached hydrogens (tertiary/aromatic N) is 4. The Labute approximate surface area is 143 Å². The van der Waals surface area contributed by atoms with Crippen molar-refractivity contribution in [3.05, 3.63) is 48.1 Å². The lowest BCUT2D eigenvalue weighted by atomic mass is 10.2. The number of hydroxylamine groups is 1. The second-order valence-electron chi connectivity index (χ2n) is 5.37. The number of ether oxygens (including phenoxy) is 1. The van der Waals surface area contributed by atoms with Gasteiger partial charge in [0.2, 0.25) is 0 Å². The molecule has 1 unspecified atom stereocenters. The Hall–Kier alpha value is -3.04. The minimum absolute atomic E-state index is 0.186. The van der Waals surface area contributed by atoms with Crippen LogP contribution in [0.15, 0.2) is 36.5 Å². The highest BCUT2D eigenvalue weighted by atomic mass is 16.5. The van der Waals surface area contributed by atoms with Gasteiger partial charge in [-0.1, -0.05) is 17.3 Å². The number of imidazole rings is 1. The van der Waals surface area contributed by atoms with Gasteiger partial charge in [0.05, 0.1) is 17.2 Å². The molecule has 0 bridgehead atoms. The van der Waals surface area contributed by atoms with E-state index in [-0.39, 0.29) is 6.04 Å². The van der Waals surface area contributed by atoms with Crippen LogP contribution in [0.1, 0.15) is 24.0 Å². The topological polar surface area (TPSA) is 118 Å². The van der Waals surface area contributed by atoms with E-state index in [1.54, 1.807) is 18.0 Å². The number of aromatic amines is 1. The zero-order chi connectivity index (χ0) is 17.6. The van der Waals surface area contributed by atoms with Crippen molar-refractivity contribution in [3.8, 4) is 0 Å². The zero-order valence-electron chi connectivity index (χ0n) is 13.6. The molecule has 0 aliphatic rings. The van der Waals surface area contributed by atoms with Crippen molar-refractivity contribution in [1.29, 1.82) is 0 Å². The van der Waals surface area contributed by atoms with Gasteiger partial charge in [-0.05, 0) is 18.2 Å². The fourth-order valence-electron chi connectivity index (χ4n) is 2.47. The maximum absolute atomic E-state index is 11.1. The Morgan fingerprint density at radius 1 is 1.48 bits per heavy atom. The number of H-pyrrole nitrogens is 1. The van der Waals surface area contributed by atoms with Crippen LogP contribution < -0.4 is 5.48 Å². The van der Waals surface area contributed by atoms with E-state index in [0.717, 1.165) is 16.9 Å². The number of rotatable bonds is 7. The van der Waals surface area contributed by atoms with Crippen LogP contribution in [0, 0.1) is 0 Å². The predicted octanol–water partition coefficient (Wildman–Crippen LogP) is 1.30. The molecule has 3 rings (SSSR count). The van der Waals surface area contributed by atoms with Crippen molar-refractivity contribution < 1.29 is 14.7 Å². The summed E-state index contributed by atoms with van der Waals surface area (Å²) in [6.45, 7) is 0.527. The van der Waals surface area contributed by atoms with Gasteiger partial charge in [-0.15, -0.1) is 5.10 Å². The predicted molar refractivity (Wildman–Crippen MR) is 89.7 cm³/mol. The maximum atomic E-state index is 11.1. The van der Waals surface area contributed by atoms with E-state index in [2.05, 4.69) is 20.3 Å². The molecule has 0 saturated carbocycles. The van der Waals surface area contributed by atoms with Gasteiger partial charge in [0.25, 0.3) is 5.91 Å². The Bertz CT molecular complexity index is 852. The molecule has 1 aromatic carbocycles. The Balaban J connectivity index is 1.89. The molecular weight excluding hydrogens is 324 g/mol. The summed E-state index contributed by atoms with van der Waals surface area (Å²) in [5, 5.41) is 16.6. The van der Waals surface area contributed by atoms with E-state index in [1.807, 2.05) is 24.3 Å². The molecule has 9 nitrogen and oxygen atoms in total. The van der Waals surface area contributed by atoms with Crippen molar-refractivity contribution >= 4 is 23.0 Å². The number of carbonyl (C=O) groups is 1. The number of hydrogen-bond donors (Lipinski definition) is 3. The van der Waals surface area contributed by atoms with Gasteiger partial charge in [0, 0.05) is 26.2 Å². The van der Waals surface area contributed by atoms with Crippen molar-refractivity contribution in [2.45, 2.75) is 12.5 Å². The average Bonchev–Trinajstić information content (AvgIpc) is 3.27. The molecule has 1 amide bonds. The van der Waals surface area contributed by atoms with Crippen LogP contribution >= 0.6 is 0 Å². The number of aromatic nitrogens is 5. The average molecular weight is 342 g/mol. The zero-order valence-corrected chi connectivity index (χ0v) is 13.6. The van der Waals surface area contributed by atoms with Crippen molar-refractivity contribution in [2.75, 3.05) is 13.7 Å². The highest BCUT2D eigenvalue weighted by Crippen LogP contribution is 2.22. The summed E-state index contributed by atoms with van der Waals surface area (Å²) in [6.07, 6.45) is 4.98. The summed E-state index contributed by atoms with van der Waals surface area (Å²) in [7, 11) is 1.64. The Morgan fingerprint density at radius 3 is 3.08 bits per heavy atom. The summed E-state index contributed by atoms with van der Waals surface area (Å²) in [4.78, 5) is 19.0. The Kier molecular flexibility index (Phi) is 5.17. The minimum Gasteiger partial charge on any atom is -0.385 e. The SMILES string of the molecule is COCCC(c1nc2ccccc2[nH]1)n1cc(C=CC(=O)NO)nn1. The molecule has 3 aromatic rings. The van der Waals surface area contributed by atoms with Crippen LogP contribution in [0.25, 0.3) is 17.1 Å². The molecule has 0 radical (unpaired) electrons. The van der Waals surface area contributed by atoms with Crippen LogP contribution in [0.5, 0.6) is 0 Å². The number of methoxy groups -OCH3 is 1. The molecule has 0 aliphatic heterocycles. The van der Waals surface area contributed by atoms with Gasteiger partial charge < -0.3 is 9.72 Å². The highest BCUT2D eigenvalue weighted by Gasteiger charge is 2.19. The molecule has 3 N–H and O–H groups in total. The van der Waals surface area contributed by atoms with Gasteiger partial charge in [-0.2, -0.15) is 0 Å². The molecule has 2 heterocycles. The fraction of sp³-hybridized carbons (Fsp3) is 0.250. The number of benzene rings is 1. The van der Waals surface area contributed by atoms with Crippen molar-refractivity contribution in [3.63, 3.8) is 0 Å². The van der Waals surface area contributed by atoms with Crippen LogP contribution in [0.4, 0.5) is 0 Å². The molecule has 0 fully saturated rings. The number of hydrogen-bond acceptors (Lipinski definition) is 6. The first-order valence-corrected chi connectivity index (χ1v) is 7.69. The third kappa shape index (κ3) is 3.90. The standard InChI is InChI=1S/C16H18N6O3/c1-25-9-8-14(16-17-12-4-2-3-5-13(12)18-16)22-10-11(19-21-22)6-7-15(23)20-24/h2-7,10,14,24H,8-9H2,1H3,(H,17,18)(H,20,23). The number of nitrogens with one attached hydrogen (secondary N) is 2. The van der Waals surface area contributed by atoms with Crippen LogP contribution in [0.2, 0.25) is 0 Å². The van der Waals surface area contributed by atoms with Gasteiger partial charge in [0.15, 0.2) is 0 Å². The van der Waals surface area contributed by atoms with E-state index < -0.39 is 5.91 Å². The molecule has 2 aromatic heterocycles. The second-order valence-corrected chi connectivity index (χ2v) is 5.37. The molecule has 9 heteroatoms. The number of fused-ring (bicyclic) bond motifs is 1. The quantitative estimate of drug-likeness (QED) is 0.338. The number of carbonyl (C=O) groups excluding carboxylic acids is 1. The van der Waals surface area contributed by atoms with E-state index in [9.17, 15) is 4.79 Å². The van der Waals surface area contributed by atoms with Gasteiger partial charge in [-0.25, -0.2) is 15.1 Å². The second kappa shape index (κ2) is 7.69.